The topological polar surface area (TPSA) is 47.0 Å². The minimum absolute atomic E-state index is 0.592. The van der Waals surface area contributed by atoms with Crippen LogP contribution >= 0.6 is 0 Å². The Hall–Kier alpha value is -2.10. The molecule has 0 radical (unpaired) electrons. The normalized spacial score (nSPS) is 9.88. The van der Waals surface area contributed by atoms with Gasteiger partial charge in [0.2, 0.25) is 5.88 Å². The molecule has 2 aromatic heterocycles. The largest absolute Gasteiger partial charge is 0.481 e. The summed E-state index contributed by atoms with van der Waals surface area (Å²) in [6.45, 7) is 0. The quantitative estimate of drug-likeness (QED) is 0.852. The molecule has 0 aliphatic rings. The smallest absolute Gasteiger partial charge is 0.213 e. The van der Waals surface area contributed by atoms with E-state index in [1.54, 1.807) is 13.3 Å². The molecule has 0 fully saturated rings. The maximum Gasteiger partial charge on any atom is 0.213 e. The predicted octanol–water partition coefficient (Wildman–Crippen LogP) is 2.19. The Morgan fingerprint density at radius 3 is 2.88 bits per heavy atom. The highest BCUT2D eigenvalue weighted by molar-refractivity contribution is 5.61. The molecule has 0 unspecified atom stereocenters. The number of methoxy groups -OCH3 is 1. The first-order valence-corrected chi connectivity index (χ1v) is 4.98. The molecule has 0 aromatic carbocycles. The fourth-order valence-corrected chi connectivity index (χ4v) is 1.42. The van der Waals surface area contributed by atoms with Gasteiger partial charge >= 0.3 is 0 Å². The number of nitrogens with one attached hydrogen (secondary N) is 1. The lowest BCUT2D eigenvalue weighted by molar-refractivity contribution is 0.398. The standard InChI is InChI=1S/C12H13N3O/c1-13-11-5-3-4-10(15-11)9-6-7-14-12(8-9)16-2/h3-8H,1-2H3,(H,13,15). The van der Waals surface area contributed by atoms with Crippen LogP contribution in [0.15, 0.2) is 36.5 Å². The van der Waals surface area contributed by atoms with E-state index in [0.29, 0.717) is 5.88 Å². The number of aromatic nitrogens is 2. The highest BCUT2D eigenvalue weighted by Crippen LogP contribution is 2.21. The Bertz CT molecular complexity index is 440. The highest BCUT2D eigenvalue weighted by atomic mass is 16.5. The molecule has 0 saturated carbocycles. The van der Waals surface area contributed by atoms with E-state index in [9.17, 15) is 0 Å². The van der Waals surface area contributed by atoms with Crippen molar-refractivity contribution >= 4 is 5.82 Å². The van der Waals surface area contributed by atoms with Crippen molar-refractivity contribution in [1.82, 2.24) is 9.97 Å². The molecule has 0 bridgehead atoms. The van der Waals surface area contributed by atoms with Gasteiger partial charge in [-0.2, -0.15) is 0 Å². The van der Waals surface area contributed by atoms with Crippen molar-refractivity contribution in [2.45, 2.75) is 0 Å². The summed E-state index contributed by atoms with van der Waals surface area (Å²) in [5.74, 6) is 1.43. The van der Waals surface area contributed by atoms with Crippen LogP contribution in [0.2, 0.25) is 0 Å². The summed E-state index contributed by atoms with van der Waals surface area (Å²) in [6.07, 6.45) is 1.71. The molecule has 0 spiro atoms. The van der Waals surface area contributed by atoms with Crippen LogP contribution in [-0.2, 0) is 0 Å². The van der Waals surface area contributed by atoms with Crippen LogP contribution in [0.25, 0.3) is 11.3 Å². The molecule has 2 heterocycles. The van der Waals surface area contributed by atoms with Gasteiger partial charge in [0.1, 0.15) is 5.82 Å². The SMILES string of the molecule is CNc1cccc(-c2ccnc(OC)c2)n1. The Labute approximate surface area is 94.3 Å². The van der Waals surface area contributed by atoms with E-state index in [1.807, 2.05) is 37.4 Å². The zero-order valence-corrected chi connectivity index (χ0v) is 9.27. The highest BCUT2D eigenvalue weighted by Gasteiger charge is 2.02. The lowest BCUT2D eigenvalue weighted by Crippen LogP contribution is -1.94. The fraction of sp³-hybridized carbons (Fsp3) is 0.167. The van der Waals surface area contributed by atoms with Gasteiger partial charge < -0.3 is 10.1 Å². The van der Waals surface area contributed by atoms with E-state index in [0.717, 1.165) is 17.1 Å². The van der Waals surface area contributed by atoms with Gasteiger partial charge in [0.25, 0.3) is 0 Å². The number of ether oxygens (including phenoxy) is 1. The van der Waals surface area contributed by atoms with Crippen LogP contribution in [-0.4, -0.2) is 24.1 Å². The van der Waals surface area contributed by atoms with Crippen LogP contribution in [0.5, 0.6) is 5.88 Å². The average Bonchev–Trinajstić information content (AvgIpc) is 2.39. The van der Waals surface area contributed by atoms with Crippen molar-refractivity contribution in [3.8, 4) is 17.1 Å². The van der Waals surface area contributed by atoms with Crippen LogP contribution in [0.4, 0.5) is 5.82 Å². The Morgan fingerprint density at radius 2 is 2.12 bits per heavy atom. The van der Waals surface area contributed by atoms with Gasteiger partial charge in [0.05, 0.1) is 12.8 Å². The summed E-state index contributed by atoms with van der Waals surface area (Å²) in [5.41, 5.74) is 1.89. The second-order valence-corrected chi connectivity index (χ2v) is 3.24. The minimum atomic E-state index is 0.592. The summed E-state index contributed by atoms with van der Waals surface area (Å²) in [7, 11) is 3.45. The van der Waals surface area contributed by atoms with Crippen LogP contribution in [0, 0.1) is 0 Å². The Balaban J connectivity index is 2.41. The number of nitrogens with zero attached hydrogens (tertiary/aromatic N) is 2. The third-order valence-electron chi connectivity index (χ3n) is 2.24. The third kappa shape index (κ3) is 2.11. The molecule has 4 heteroatoms. The summed E-state index contributed by atoms with van der Waals surface area (Å²) >= 11 is 0. The van der Waals surface area contributed by atoms with Gasteiger partial charge in [0.15, 0.2) is 0 Å². The second-order valence-electron chi connectivity index (χ2n) is 3.24. The molecule has 0 aliphatic carbocycles. The summed E-state index contributed by atoms with van der Waals surface area (Å²) < 4.78 is 5.08. The maximum atomic E-state index is 5.08. The van der Waals surface area contributed by atoms with E-state index in [4.69, 9.17) is 4.74 Å². The van der Waals surface area contributed by atoms with E-state index >= 15 is 0 Å². The maximum absolute atomic E-state index is 5.08. The number of pyridine rings is 2. The van der Waals surface area contributed by atoms with E-state index in [2.05, 4.69) is 15.3 Å². The van der Waals surface area contributed by atoms with Crippen molar-refractivity contribution in [2.24, 2.45) is 0 Å². The number of anilines is 1. The zero-order chi connectivity index (χ0) is 11.4. The van der Waals surface area contributed by atoms with Gasteiger partial charge in [-0.05, 0) is 18.2 Å². The molecule has 4 nitrogen and oxygen atoms in total. The predicted molar refractivity (Wildman–Crippen MR) is 63.6 cm³/mol. The monoisotopic (exact) mass is 215 g/mol. The summed E-state index contributed by atoms with van der Waals surface area (Å²) in [6, 6.07) is 9.60. The fourth-order valence-electron chi connectivity index (χ4n) is 1.42. The van der Waals surface area contributed by atoms with Crippen LogP contribution < -0.4 is 10.1 Å². The molecule has 0 amide bonds. The molecule has 0 atom stereocenters. The van der Waals surface area contributed by atoms with Gasteiger partial charge in [-0.3, -0.25) is 0 Å². The van der Waals surface area contributed by atoms with Crippen molar-refractivity contribution in [2.75, 3.05) is 19.5 Å². The lowest BCUT2D eigenvalue weighted by atomic mass is 10.2. The molecular weight excluding hydrogens is 202 g/mol. The molecule has 1 N–H and O–H groups in total. The molecule has 16 heavy (non-hydrogen) atoms. The summed E-state index contributed by atoms with van der Waals surface area (Å²) in [5, 5.41) is 3.01. The minimum Gasteiger partial charge on any atom is -0.481 e. The Kier molecular flexibility index (Phi) is 3.00. The van der Waals surface area contributed by atoms with Crippen molar-refractivity contribution in [3.63, 3.8) is 0 Å². The van der Waals surface area contributed by atoms with Gasteiger partial charge in [-0.15, -0.1) is 0 Å². The van der Waals surface area contributed by atoms with Crippen molar-refractivity contribution in [3.05, 3.63) is 36.5 Å². The van der Waals surface area contributed by atoms with E-state index < -0.39 is 0 Å². The van der Waals surface area contributed by atoms with Crippen molar-refractivity contribution < 1.29 is 4.74 Å². The Morgan fingerprint density at radius 1 is 1.25 bits per heavy atom. The van der Waals surface area contributed by atoms with Crippen LogP contribution in [0.3, 0.4) is 0 Å². The number of hydrogen-bond donors (Lipinski definition) is 1. The van der Waals surface area contributed by atoms with Gasteiger partial charge in [-0.1, -0.05) is 6.07 Å². The van der Waals surface area contributed by atoms with Gasteiger partial charge in [-0.25, -0.2) is 9.97 Å². The molecule has 0 aliphatic heterocycles. The lowest BCUT2D eigenvalue weighted by Gasteiger charge is -2.05. The van der Waals surface area contributed by atoms with Gasteiger partial charge in [0, 0.05) is 24.9 Å². The molecular formula is C12H13N3O. The first kappa shape index (κ1) is 10.4. The third-order valence-corrected chi connectivity index (χ3v) is 2.24. The van der Waals surface area contributed by atoms with Crippen molar-refractivity contribution in [1.29, 1.82) is 0 Å². The molecule has 82 valence electrons. The molecule has 0 saturated heterocycles. The van der Waals surface area contributed by atoms with Crippen LogP contribution in [0.1, 0.15) is 0 Å². The van der Waals surface area contributed by atoms with E-state index in [1.165, 1.54) is 0 Å². The zero-order valence-electron chi connectivity index (χ0n) is 9.27. The number of hydrogen-bond acceptors (Lipinski definition) is 4. The second kappa shape index (κ2) is 4.61. The molecule has 2 rings (SSSR count). The summed E-state index contributed by atoms with van der Waals surface area (Å²) in [4.78, 5) is 8.50. The molecule has 2 aromatic rings. The number of rotatable bonds is 3. The first-order chi connectivity index (χ1) is 7.83. The average molecular weight is 215 g/mol. The first-order valence-electron chi connectivity index (χ1n) is 4.98. The van der Waals surface area contributed by atoms with E-state index in [-0.39, 0.29) is 0 Å².